The lowest BCUT2D eigenvalue weighted by Gasteiger charge is -2.17. The van der Waals surface area contributed by atoms with E-state index >= 15 is 0 Å². The third kappa shape index (κ3) is 3.91. The summed E-state index contributed by atoms with van der Waals surface area (Å²) in [5, 5.41) is 0. The summed E-state index contributed by atoms with van der Waals surface area (Å²) < 4.78 is 13.5. The number of alkyl halides is 1. The Balaban J connectivity index is 2.29. The molecule has 0 aliphatic rings. The molecule has 0 nitrogen and oxygen atoms in total. The van der Waals surface area contributed by atoms with E-state index in [2.05, 4.69) is 12.1 Å². The number of rotatable bonds is 5. The van der Waals surface area contributed by atoms with Crippen molar-refractivity contribution >= 4 is 0 Å². The highest BCUT2D eigenvalue weighted by molar-refractivity contribution is 5.14. The van der Waals surface area contributed by atoms with Crippen molar-refractivity contribution < 1.29 is 4.39 Å². The molecule has 1 unspecified atom stereocenters. The summed E-state index contributed by atoms with van der Waals surface area (Å²) in [4.78, 5) is 0. The summed E-state index contributed by atoms with van der Waals surface area (Å²) in [6.07, 6.45) is 3.20. The molecule has 0 saturated heterocycles. The van der Waals surface area contributed by atoms with Crippen LogP contribution in [0.3, 0.4) is 0 Å². The number of benzene rings is 1. The van der Waals surface area contributed by atoms with Gasteiger partial charge in [0.25, 0.3) is 0 Å². The predicted molar refractivity (Wildman–Crippen MR) is 59.2 cm³/mol. The highest BCUT2D eigenvalue weighted by Crippen LogP contribution is 2.22. The van der Waals surface area contributed by atoms with Crippen molar-refractivity contribution in [2.24, 2.45) is 0 Å². The zero-order valence-electron chi connectivity index (χ0n) is 9.09. The highest BCUT2D eigenvalue weighted by Gasteiger charge is 2.19. The molecule has 1 aromatic carbocycles. The van der Waals surface area contributed by atoms with Crippen LogP contribution in [0.2, 0.25) is 0 Å². The first-order valence-corrected chi connectivity index (χ1v) is 5.37. The largest absolute Gasteiger partial charge is 0.244 e. The van der Waals surface area contributed by atoms with Gasteiger partial charge in [0.05, 0.1) is 0 Å². The summed E-state index contributed by atoms with van der Waals surface area (Å²) in [5.41, 5.74) is 0.328. The van der Waals surface area contributed by atoms with Crippen LogP contribution in [0.5, 0.6) is 0 Å². The van der Waals surface area contributed by atoms with Gasteiger partial charge in [0, 0.05) is 0 Å². The topological polar surface area (TPSA) is 0 Å². The van der Waals surface area contributed by atoms with E-state index in [0.29, 0.717) is 12.8 Å². The molecule has 1 rings (SSSR count). The molecular formula is C13H19F. The van der Waals surface area contributed by atoms with Gasteiger partial charge in [-0.15, -0.1) is 0 Å². The molecule has 1 atom stereocenters. The Labute approximate surface area is 86.2 Å². The van der Waals surface area contributed by atoms with Crippen LogP contribution in [0.4, 0.5) is 4.39 Å². The summed E-state index contributed by atoms with van der Waals surface area (Å²) in [7, 11) is 0. The van der Waals surface area contributed by atoms with E-state index in [1.807, 2.05) is 25.1 Å². The Morgan fingerprint density at radius 2 is 1.86 bits per heavy atom. The zero-order valence-corrected chi connectivity index (χ0v) is 9.09. The van der Waals surface area contributed by atoms with Crippen molar-refractivity contribution in [1.82, 2.24) is 0 Å². The number of hydrogen-bond acceptors (Lipinski definition) is 0. The standard InChI is InChI=1S/C13H19F/c1-3-13(2,14)11-7-10-12-8-5-4-6-9-12/h4-6,8-9H,3,7,10-11H2,1-2H3. The molecule has 0 N–H and O–H groups in total. The summed E-state index contributed by atoms with van der Waals surface area (Å²) in [6.45, 7) is 3.60. The fraction of sp³-hybridized carbons (Fsp3) is 0.538. The predicted octanol–water partition coefficient (Wildman–Crippen LogP) is 4.15. The van der Waals surface area contributed by atoms with Crippen molar-refractivity contribution in [2.45, 2.75) is 45.2 Å². The van der Waals surface area contributed by atoms with E-state index in [0.717, 1.165) is 12.8 Å². The molecule has 1 heteroatoms. The smallest absolute Gasteiger partial charge is 0.108 e. The molecule has 0 aliphatic heterocycles. The van der Waals surface area contributed by atoms with Gasteiger partial charge in [-0.2, -0.15) is 0 Å². The Kier molecular flexibility index (Phi) is 4.12. The van der Waals surface area contributed by atoms with Crippen molar-refractivity contribution in [3.05, 3.63) is 35.9 Å². The summed E-state index contributed by atoms with van der Waals surface area (Å²) >= 11 is 0. The van der Waals surface area contributed by atoms with E-state index < -0.39 is 5.67 Å². The Hall–Kier alpha value is -0.850. The first-order chi connectivity index (χ1) is 6.64. The van der Waals surface area contributed by atoms with Crippen molar-refractivity contribution in [2.75, 3.05) is 0 Å². The Morgan fingerprint density at radius 1 is 1.21 bits per heavy atom. The van der Waals surface area contributed by atoms with E-state index in [-0.39, 0.29) is 0 Å². The molecule has 0 aliphatic carbocycles. The maximum atomic E-state index is 13.5. The molecule has 0 spiro atoms. The van der Waals surface area contributed by atoms with E-state index in [1.54, 1.807) is 6.92 Å². The molecule has 0 heterocycles. The summed E-state index contributed by atoms with van der Waals surface area (Å²) in [6, 6.07) is 10.3. The molecule has 0 aromatic heterocycles. The van der Waals surface area contributed by atoms with Gasteiger partial charge in [0.2, 0.25) is 0 Å². The number of aryl methyl sites for hydroxylation is 1. The van der Waals surface area contributed by atoms with Crippen LogP contribution >= 0.6 is 0 Å². The van der Waals surface area contributed by atoms with Crippen LogP contribution in [-0.2, 0) is 6.42 Å². The van der Waals surface area contributed by atoms with Gasteiger partial charge in [-0.3, -0.25) is 0 Å². The number of halogens is 1. The minimum atomic E-state index is -0.977. The van der Waals surface area contributed by atoms with Crippen LogP contribution in [-0.4, -0.2) is 5.67 Å². The normalized spacial score (nSPS) is 15.1. The monoisotopic (exact) mass is 194 g/mol. The lowest BCUT2D eigenvalue weighted by atomic mass is 9.96. The average molecular weight is 194 g/mol. The van der Waals surface area contributed by atoms with E-state index in [9.17, 15) is 4.39 Å². The SMILES string of the molecule is CCC(C)(F)CCCc1ccccc1. The van der Waals surface area contributed by atoms with Crippen LogP contribution < -0.4 is 0 Å². The second-order valence-electron chi connectivity index (χ2n) is 4.11. The fourth-order valence-corrected chi connectivity index (χ4v) is 1.48. The molecule has 14 heavy (non-hydrogen) atoms. The molecule has 0 amide bonds. The molecule has 0 fully saturated rings. The third-order valence-corrected chi connectivity index (χ3v) is 2.74. The fourth-order valence-electron chi connectivity index (χ4n) is 1.48. The van der Waals surface area contributed by atoms with E-state index in [4.69, 9.17) is 0 Å². The van der Waals surface area contributed by atoms with Gasteiger partial charge in [0.15, 0.2) is 0 Å². The van der Waals surface area contributed by atoms with Crippen LogP contribution in [0.15, 0.2) is 30.3 Å². The molecular weight excluding hydrogens is 175 g/mol. The highest BCUT2D eigenvalue weighted by atomic mass is 19.1. The first-order valence-electron chi connectivity index (χ1n) is 5.37. The molecule has 0 bridgehead atoms. The van der Waals surface area contributed by atoms with Crippen molar-refractivity contribution in [3.8, 4) is 0 Å². The molecule has 0 radical (unpaired) electrons. The van der Waals surface area contributed by atoms with Crippen LogP contribution in [0.1, 0.15) is 38.7 Å². The lowest BCUT2D eigenvalue weighted by molar-refractivity contribution is 0.165. The molecule has 0 saturated carbocycles. The van der Waals surface area contributed by atoms with Crippen molar-refractivity contribution in [1.29, 1.82) is 0 Å². The van der Waals surface area contributed by atoms with Gasteiger partial charge >= 0.3 is 0 Å². The summed E-state index contributed by atoms with van der Waals surface area (Å²) in [5.74, 6) is 0. The lowest BCUT2D eigenvalue weighted by Crippen LogP contribution is -2.16. The van der Waals surface area contributed by atoms with Crippen LogP contribution in [0.25, 0.3) is 0 Å². The maximum absolute atomic E-state index is 13.5. The Bertz CT molecular complexity index is 251. The second kappa shape index (κ2) is 5.14. The van der Waals surface area contributed by atoms with Crippen molar-refractivity contribution in [3.63, 3.8) is 0 Å². The van der Waals surface area contributed by atoms with Gasteiger partial charge in [0.1, 0.15) is 5.67 Å². The van der Waals surface area contributed by atoms with Gasteiger partial charge in [-0.1, -0.05) is 37.3 Å². The second-order valence-corrected chi connectivity index (χ2v) is 4.11. The first kappa shape index (κ1) is 11.2. The maximum Gasteiger partial charge on any atom is 0.108 e. The molecule has 78 valence electrons. The number of hydrogen-bond donors (Lipinski definition) is 0. The van der Waals surface area contributed by atoms with Crippen LogP contribution in [0, 0.1) is 0 Å². The van der Waals surface area contributed by atoms with Gasteiger partial charge in [-0.05, 0) is 38.2 Å². The molecule has 1 aromatic rings. The average Bonchev–Trinajstić information content (AvgIpc) is 2.19. The minimum absolute atomic E-state index is 0.613. The van der Waals surface area contributed by atoms with Gasteiger partial charge < -0.3 is 0 Å². The van der Waals surface area contributed by atoms with Gasteiger partial charge in [-0.25, -0.2) is 4.39 Å². The van der Waals surface area contributed by atoms with E-state index in [1.165, 1.54) is 5.56 Å². The third-order valence-electron chi connectivity index (χ3n) is 2.74. The quantitative estimate of drug-likeness (QED) is 0.660. The zero-order chi connectivity index (χ0) is 10.4. The Morgan fingerprint density at radius 3 is 2.43 bits per heavy atom. The minimum Gasteiger partial charge on any atom is -0.244 e.